The molecule has 0 spiro atoms. The predicted octanol–water partition coefficient (Wildman–Crippen LogP) is 4.04. The fraction of sp³-hybridized carbons (Fsp3) is 0.516. The van der Waals surface area contributed by atoms with E-state index in [1.165, 1.54) is 11.1 Å². The van der Waals surface area contributed by atoms with Crippen LogP contribution in [0.3, 0.4) is 0 Å². The van der Waals surface area contributed by atoms with Gasteiger partial charge in [0.25, 0.3) is 5.91 Å². The predicted molar refractivity (Wildman–Crippen MR) is 155 cm³/mol. The molecule has 2 aromatic carbocycles. The number of likely N-dealkylation sites (N-methyl/N-ethyl adjacent to an activating group) is 1. The summed E-state index contributed by atoms with van der Waals surface area (Å²) in [4.78, 5) is 42.8. The molecule has 2 aliphatic heterocycles. The number of hydrazine groups is 1. The van der Waals surface area contributed by atoms with E-state index in [2.05, 4.69) is 37.4 Å². The molecule has 0 aromatic heterocycles. The van der Waals surface area contributed by atoms with E-state index in [1.807, 2.05) is 53.9 Å². The van der Waals surface area contributed by atoms with Gasteiger partial charge in [0.1, 0.15) is 0 Å². The topological polar surface area (TPSA) is 76.2 Å². The third-order valence-corrected chi connectivity index (χ3v) is 7.80. The molecule has 8 heteroatoms. The molecule has 1 N–H and O–H groups in total. The molecule has 0 bridgehead atoms. The first-order valence-corrected chi connectivity index (χ1v) is 14.2. The second-order valence-electron chi connectivity index (χ2n) is 11.2. The van der Waals surface area contributed by atoms with Gasteiger partial charge in [-0.2, -0.15) is 0 Å². The van der Waals surface area contributed by atoms with Crippen LogP contribution in [0.2, 0.25) is 0 Å². The van der Waals surface area contributed by atoms with Crippen molar-refractivity contribution in [3.8, 4) is 0 Å². The van der Waals surface area contributed by atoms with E-state index in [4.69, 9.17) is 0 Å². The zero-order chi connectivity index (χ0) is 28.1. The maximum Gasteiger partial charge on any atom is 0.256 e. The highest BCUT2D eigenvalue weighted by Gasteiger charge is 2.29. The number of benzene rings is 2. The Kier molecular flexibility index (Phi) is 9.28. The van der Waals surface area contributed by atoms with Crippen molar-refractivity contribution in [3.05, 3.63) is 58.7 Å². The minimum atomic E-state index is -0.0923. The number of hydrogen-bond donors (Lipinski definition) is 1. The summed E-state index contributed by atoms with van der Waals surface area (Å²) in [5.41, 5.74) is 6.29. The monoisotopic (exact) mass is 533 g/mol. The van der Waals surface area contributed by atoms with E-state index in [0.29, 0.717) is 44.9 Å². The molecule has 0 saturated heterocycles. The minimum absolute atomic E-state index is 0.0714. The van der Waals surface area contributed by atoms with Gasteiger partial charge in [0.05, 0.1) is 13.1 Å². The Labute approximate surface area is 232 Å². The first kappa shape index (κ1) is 28.6. The number of carbonyl (C=O) groups excluding carboxylic acids is 3. The van der Waals surface area contributed by atoms with Crippen molar-refractivity contribution in [2.24, 2.45) is 5.92 Å². The zero-order valence-corrected chi connectivity index (χ0v) is 24.1. The van der Waals surface area contributed by atoms with Gasteiger partial charge in [0.15, 0.2) is 0 Å². The molecule has 8 nitrogen and oxygen atoms in total. The molecule has 0 atom stereocenters. The summed E-state index contributed by atoms with van der Waals surface area (Å²) >= 11 is 0. The molecule has 210 valence electrons. The summed E-state index contributed by atoms with van der Waals surface area (Å²) in [6.45, 7) is 11.1. The van der Waals surface area contributed by atoms with Crippen LogP contribution >= 0.6 is 0 Å². The SMILES string of the molecule is CCN1C(=O)CCc2cc(N(CC(=O)NCCCC(C)C)CC(=O)N(C)N3Cc4ccccc4C3)c(C)cc21. The standard InChI is InChI=1S/C31H43N5O3/c1-6-36-28-16-23(4)27(17-24(28)13-14-30(36)38)34(20-29(37)32-15-9-10-22(2)3)21-31(39)33(5)35-18-25-11-7-8-12-26(25)19-35/h7-8,11-12,16-17,22H,6,9-10,13-15,18-21H2,1-5H3,(H,32,37). The van der Waals surface area contributed by atoms with E-state index in [-0.39, 0.29) is 30.8 Å². The summed E-state index contributed by atoms with van der Waals surface area (Å²) in [7, 11) is 1.81. The summed E-state index contributed by atoms with van der Waals surface area (Å²) in [6.07, 6.45) is 3.12. The minimum Gasteiger partial charge on any atom is -0.355 e. The van der Waals surface area contributed by atoms with Crippen molar-refractivity contribution in [2.75, 3.05) is 43.0 Å². The van der Waals surface area contributed by atoms with Crippen LogP contribution < -0.4 is 15.1 Å². The maximum atomic E-state index is 13.6. The van der Waals surface area contributed by atoms with Crippen molar-refractivity contribution in [3.63, 3.8) is 0 Å². The normalized spacial score (nSPS) is 14.8. The molecule has 3 amide bonds. The van der Waals surface area contributed by atoms with Crippen LogP contribution in [0, 0.1) is 12.8 Å². The van der Waals surface area contributed by atoms with Crippen molar-refractivity contribution in [2.45, 2.75) is 66.5 Å². The van der Waals surface area contributed by atoms with Gasteiger partial charge < -0.3 is 15.1 Å². The van der Waals surface area contributed by atoms with Crippen LogP contribution in [0.15, 0.2) is 36.4 Å². The van der Waals surface area contributed by atoms with Crippen molar-refractivity contribution in [1.82, 2.24) is 15.3 Å². The highest BCUT2D eigenvalue weighted by atomic mass is 16.2. The lowest BCUT2D eigenvalue weighted by atomic mass is 9.97. The lowest BCUT2D eigenvalue weighted by Crippen LogP contribution is -2.48. The Morgan fingerprint density at radius 2 is 1.72 bits per heavy atom. The van der Waals surface area contributed by atoms with Gasteiger partial charge in [0.2, 0.25) is 11.8 Å². The molecule has 0 saturated carbocycles. The van der Waals surface area contributed by atoms with Crippen LogP contribution in [0.1, 0.15) is 62.3 Å². The first-order valence-electron chi connectivity index (χ1n) is 14.2. The Balaban J connectivity index is 1.53. The van der Waals surface area contributed by atoms with Crippen molar-refractivity contribution < 1.29 is 14.4 Å². The molecule has 2 aromatic rings. The molecule has 39 heavy (non-hydrogen) atoms. The van der Waals surface area contributed by atoms with Crippen LogP contribution in [0.4, 0.5) is 11.4 Å². The number of nitrogens with zero attached hydrogens (tertiary/aromatic N) is 4. The largest absolute Gasteiger partial charge is 0.355 e. The first-order chi connectivity index (χ1) is 18.7. The molecule has 0 fully saturated rings. The van der Waals surface area contributed by atoms with Crippen LogP contribution in [0.25, 0.3) is 0 Å². The fourth-order valence-corrected chi connectivity index (χ4v) is 5.52. The van der Waals surface area contributed by atoms with Gasteiger partial charge in [-0.1, -0.05) is 38.1 Å². The van der Waals surface area contributed by atoms with E-state index in [1.54, 1.807) is 5.01 Å². The van der Waals surface area contributed by atoms with Crippen LogP contribution in [-0.4, -0.2) is 61.0 Å². The maximum absolute atomic E-state index is 13.6. The highest BCUT2D eigenvalue weighted by molar-refractivity contribution is 5.97. The lowest BCUT2D eigenvalue weighted by Gasteiger charge is -2.34. The fourth-order valence-electron chi connectivity index (χ4n) is 5.52. The average Bonchev–Trinajstić information content (AvgIpc) is 3.34. The number of carbonyl (C=O) groups is 3. The third-order valence-electron chi connectivity index (χ3n) is 7.80. The lowest BCUT2D eigenvalue weighted by molar-refractivity contribution is -0.145. The number of aryl methyl sites for hydroxylation is 2. The number of anilines is 2. The van der Waals surface area contributed by atoms with Gasteiger partial charge in [-0.3, -0.25) is 19.4 Å². The molecule has 2 aliphatic rings. The number of amides is 3. The third kappa shape index (κ3) is 6.79. The van der Waals surface area contributed by atoms with Gasteiger partial charge in [-0.05, 0) is 73.4 Å². The second-order valence-corrected chi connectivity index (χ2v) is 11.2. The molecule has 0 aliphatic carbocycles. The average molecular weight is 534 g/mol. The van der Waals surface area contributed by atoms with Crippen LogP contribution in [-0.2, 0) is 33.9 Å². The van der Waals surface area contributed by atoms with Gasteiger partial charge in [-0.25, -0.2) is 5.01 Å². The summed E-state index contributed by atoms with van der Waals surface area (Å²) < 4.78 is 0. The summed E-state index contributed by atoms with van der Waals surface area (Å²) in [5, 5.41) is 6.78. The highest BCUT2D eigenvalue weighted by Crippen LogP contribution is 2.34. The summed E-state index contributed by atoms with van der Waals surface area (Å²) in [6, 6.07) is 12.4. The number of nitrogens with one attached hydrogen (secondary N) is 1. The van der Waals surface area contributed by atoms with Gasteiger partial charge in [0, 0.05) is 51.0 Å². The second kappa shape index (κ2) is 12.6. The van der Waals surface area contributed by atoms with Crippen molar-refractivity contribution in [1.29, 1.82) is 0 Å². The Morgan fingerprint density at radius 3 is 2.36 bits per heavy atom. The van der Waals surface area contributed by atoms with Gasteiger partial charge >= 0.3 is 0 Å². The zero-order valence-electron chi connectivity index (χ0n) is 24.1. The smallest absolute Gasteiger partial charge is 0.256 e. The molecule has 4 rings (SSSR count). The molecule has 0 unspecified atom stereocenters. The van der Waals surface area contributed by atoms with Crippen LogP contribution in [0.5, 0.6) is 0 Å². The molecule has 0 radical (unpaired) electrons. The molecular formula is C31H43N5O3. The van der Waals surface area contributed by atoms with E-state index in [0.717, 1.165) is 35.3 Å². The Morgan fingerprint density at radius 1 is 1.03 bits per heavy atom. The number of rotatable bonds is 11. The van der Waals surface area contributed by atoms with E-state index in [9.17, 15) is 14.4 Å². The number of fused-ring (bicyclic) bond motifs is 2. The van der Waals surface area contributed by atoms with Gasteiger partial charge in [-0.15, -0.1) is 0 Å². The van der Waals surface area contributed by atoms with E-state index >= 15 is 0 Å². The van der Waals surface area contributed by atoms with E-state index < -0.39 is 0 Å². The quantitative estimate of drug-likeness (QED) is 0.441. The molecular weight excluding hydrogens is 490 g/mol. The Bertz CT molecular complexity index is 1190. The number of hydrogen-bond acceptors (Lipinski definition) is 5. The van der Waals surface area contributed by atoms with Crippen molar-refractivity contribution >= 4 is 29.1 Å². The Hall–Kier alpha value is -3.39. The molecule has 2 heterocycles. The summed E-state index contributed by atoms with van der Waals surface area (Å²) in [5.74, 6) is 0.567.